The molecule has 7 N–H and O–H groups in total. The van der Waals surface area contributed by atoms with E-state index >= 15 is 0 Å². The molecule has 8 heteroatoms. The summed E-state index contributed by atoms with van der Waals surface area (Å²) in [7, 11) is 0. The lowest BCUT2D eigenvalue weighted by Crippen LogP contribution is -2.39. The van der Waals surface area contributed by atoms with Crippen LogP contribution >= 0.6 is 0 Å². The van der Waals surface area contributed by atoms with Crippen LogP contribution in [0.2, 0.25) is 0 Å². The summed E-state index contributed by atoms with van der Waals surface area (Å²) in [4.78, 5) is 0. The summed E-state index contributed by atoms with van der Waals surface area (Å²) < 4.78 is 0. The van der Waals surface area contributed by atoms with E-state index in [4.69, 9.17) is 22.7 Å². The molecule has 8 nitrogen and oxygen atoms in total. The van der Waals surface area contributed by atoms with Crippen molar-refractivity contribution in [2.45, 2.75) is 0 Å². The van der Waals surface area contributed by atoms with Gasteiger partial charge in [0.2, 0.25) is 5.96 Å². The van der Waals surface area contributed by atoms with Crippen molar-refractivity contribution in [1.29, 1.82) is 5.39 Å². The third-order valence-electron chi connectivity index (χ3n) is 0.370. The summed E-state index contributed by atoms with van der Waals surface area (Å²) in [5, 5.41) is 13.9. The Morgan fingerprint density at radius 3 is 2.56 bits per heavy atom. The molecule has 0 unspecified atom stereocenters. The zero-order chi connectivity index (χ0) is 7.28. The quantitative estimate of drug-likeness (QED) is 0.109. The molecule has 0 aromatic rings. The zero-order valence-corrected chi connectivity index (χ0v) is 4.52. The van der Waals surface area contributed by atoms with Gasteiger partial charge in [0, 0.05) is 0 Å². The summed E-state index contributed by atoms with van der Waals surface area (Å²) in [6, 6.07) is 0. The lowest BCUT2D eigenvalue weighted by Gasteiger charge is -1.98. The van der Waals surface area contributed by atoms with Gasteiger partial charge in [-0.25, -0.2) is 5.84 Å². The number of hydrogen-bond acceptors (Lipinski definition) is 5. The van der Waals surface area contributed by atoms with Gasteiger partial charge >= 0.3 is 5.08 Å². The second kappa shape index (κ2) is 3.28. The fourth-order valence-electron chi connectivity index (χ4n) is 0.193. The Bertz CT molecular complexity index is 135. The molecule has 0 rings (SSSR count). The maximum atomic E-state index is 7.79. The van der Waals surface area contributed by atoms with E-state index in [1.165, 1.54) is 0 Å². The Morgan fingerprint density at radius 2 is 2.22 bits per heavy atom. The molecule has 0 saturated heterocycles. The number of hydrazine groups is 2. The molecular formula is CH7N8+. The molecule has 0 amide bonds. The second-order valence-corrected chi connectivity index (χ2v) is 1.07. The number of nitrogens with two attached hydrogens (primary N) is 3. The summed E-state index contributed by atoms with van der Waals surface area (Å²) in [5.74, 6) is 4.66. The lowest BCUT2D eigenvalue weighted by atomic mass is 11.1. The number of rotatable bonds is 2. The van der Waals surface area contributed by atoms with E-state index in [0.29, 0.717) is 5.23 Å². The van der Waals surface area contributed by atoms with Gasteiger partial charge in [-0.3, -0.25) is 0 Å². The Labute approximate surface area is 50.8 Å². The highest BCUT2D eigenvalue weighted by molar-refractivity contribution is 5.75. The van der Waals surface area contributed by atoms with Gasteiger partial charge < -0.3 is 11.5 Å². The van der Waals surface area contributed by atoms with Crippen molar-refractivity contribution in [1.82, 2.24) is 10.8 Å². The minimum Gasteiger partial charge on any atom is -0.369 e. The van der Waals surface area contributed by atoms with Gasteiger partial charge in [-0.05, 0) is 0 Å². The van der Waals surface area contributed by atoms with E-state index in [0.717, 1.165) is 0 Å². The van der Waals surface area contributed by atoms with Gasteiger partial charge in [-0.2, -0.15) is 0 Å². The normalized spacial score (nSPS) is 7.11. The van der Waals surface area contributed by atoms with Crippen molar-refractivity contribution in [3.63, 3.8) is 0 Å². The lowest BCUT2D eigenvalue weighted by molar-refractivity contribution is 0.235. The highest BCUT2D eigenvalue weighted by Gasteiger charge is 1.95. The molecule has 0 aromatic heterocycles. The monoisotopic (exact) mass is 131 g/mol. The molecule has 0 fully saturated rings. The van der Waals surface area contributed by atoms with E-state index in [2.05, 4.69) is 10.2 Å². The van der Waals surface area contributed by atoms with Gasteiger partial charge in [0.15, 0.2) is 0 Å². The van der Waals surface area contributed by atoms with E-state index in [-0.39, 0.29) is 5.96 Å². The van der Waals surface area contributed by atoms with Gasteiger partial charge in [0.1, 0.15) is 0 Å². The maximum absolute atomic E-state index is 7.79. The third kappa shape index (κ3) is 4.10. The molecule has 0 aliphatic rings. The fourth-order valence-corrected chi connectivity index (χ4v) is 0.193. The first-order valence-corrected chi connectivity index (χ1v) is 1.91. The number of hydrogen-bond donors (Lipinski definition) is 4. The summed E-state index contributed by atoms with van der Waals surface area (Å²) in [5.41, 5.74) is 11.6. The molecule has 0 spiro atoms. The molecule has 0 aromatic carbocycles. The summed E-state index contributed by atoms with van der Waals surface area (Å²) in [6.45, 7) is 0. The van der Waals surface area contributed by atoms with Gasteiger partial charge in [0.25, 0.3) is 5.39 Å². The Hall–Kier alpha value is -1.75. The molecule has 0 saturated carbocycles. The first-order valence-electron chi connectivity index (χ1n) is 1.91. The summed E-state index contributed by atoms with van der Waals surface area (Å²) >= 11 is 0. The van der Waals surface area contributed by atoms with Crippen LogP contribution in [-0.2, 0) is 0 Å². The molecule has 0 aliphatic heterocycles. The first kappa shape index (κ1) is 7.25. The molecule has 0 atom stereocenters. The number of diazo groups is 1. The van der Waals surface area contributed by atoms with Gasteiger partial charge in [-0.15, -0.1) is 0 Å². The van der Waals surface area contributed by atoms with E-state index in [9.17, 15) is 0 Å². The first-order chi connectivity index (χ1) is 4.16. The molecule has 0 bridgehead atoms. The van der Waals surface area contributed by atoms with Crippen molar-refractivity contribution in [3.05, 3.63) is 5.08 Å². The Kier molecular flexibility index (Phi) is 2.64. The van der Waals surface area contributed by atoms with Crippen LogP contribution in [0.5, 0.6) is 0 Å². The predicted octanol–water partition coefficient (Wildman–Crippen LogP) is -2.38. The molecule has 0 heterocycles. The van der Waals surface area contributed by atoms with Crippen LogP contribution in [0.25, 0.3) is 5.08 Å². The SMILES string of the molecule is N#[N+]NN(N)N=C(N)N. The average molecular weight is 131 g/mol. The molecule has 0 aliphatic carbocycles. The highest BCUT2D eigenvalue weighted by Crippen LogP contribution is 1.66. The van der Waals surface area contributed by atoms with Crippen LogP contribution in [-0.4, -0.2) is 11.2 Å². The van der Waals surface area contributed by atoms with Crippen LogP contribution < -0.4 is 22.8 Å². The predicted molar refractivity (Wildman–Crippen MR) is 30.1 cm³/mol. The van der Waals surface area contributed by atoms with E-state index < -0.39 is 0 Å². The van der Waals surface area contributed by atoms with Crippen molar-refractivity contribution < 1.29 is 0 Å². The largest absolute Gasteiger partial charge is 0.369 e. The van der Waals surface area contributed by atoms with Crippen molar-refractivity contribution in [2.75, 3.05) is 0 Å². The van der Waals surface area contributed by atoms with Crippen LogP contribution in [0.1, 0.15) is 0 Å². The van der Waals surface area contributed by atoms with Crippen LogP contribution in [0.4, 0.5) is 0 Å². The number of guanidine groups is 1. The average Bonchev–Trinajstić information content (AvgIpc) is 1.63. The molecular weight excluding hydrogens is 124 g/mol. The van der Waals surface area contributed by atoms with Crippen LogP contribution in [0.15, 0.2) is 5.10 Å². The van der Waals surface area contributed by atoms with E-state index in [1.54, 1.807) is 0 Å². The van der Waals surface area contributed by atoms with Crippen LogP contribution in [0.3, 0.4) is 0 Å². The molecule has 50 valence electrons. The van der Waals surface area contributed by atoms with E-state index in [1.807, 2.05) is 5.53 Å². The van der Waals surface area contributed by atoms with Gasteiger partial charge in [0.05, 0.1) is 5.53 Å². The minimum atomic E-state index is -0.242. The second-order valence-electron chi connectivity index (χ2n) is 1.07. The number of nitrogens with zero attached hydrogens (tertiary/aromatic N) is 4. The molecule has 0 radical (unpaired) electrons. The van der Waals surface area contributed by atoms with Gasteiger partial charge in [-0.1, -0.05) is 10.3 Å². The topological polar surface area (TPSA) is 134 Å². The third-order valence-corrected chi connectivity index (χ3v) is 0.370. The fraction of sp³-hybridized carbons (Fsp3) is 0. The van der Waals surface area contributed by atoms with Crippen molar-refractivity contribution in [2.24, 2.45) is 22.4 Å². The molecule has 9 heavy (non-hydrogen) atoms. The number of nitrogens with one attached hydrogen (secondary N) is 1. The van der Waals surface area contributed by atoms with Crippen molar-refractivity contribution >= 4 is 5.96 Å². The number of hydrazone groups is 1. The highest BCUT2D eigenvalue weighted by atomic mass is 15.9. The maximum Gasteiger partial charge on any atom is 0.328 e. The Balaban J connectivity index is 3.65. The summed E-state index contributed by atoms with van der Waals surface area (Å²) in [6.07, 6.45) is 0. The standard InChI is InChI=1S/CH7N8/c2-1(3)6-9(5)8-7-4/h8H,5H2,(H4,2,3,6)/q+1. The zero-order valence-electron chi connectivity index (χ0n) is 4.52. The van der Waals surface area contributed by atoms with Crippen LogP contribution in [0, 0.1) is 5.39 Å². The Morgan fingerprint density at radius 1 is 1.67 bits per heavy atom. The van der Waals surface area contributed by atoms with Crippen molar-refractivity contribution in [3.8, 4) is 0 Å². The smallest absolute Gasteiger partial charge is 0.328 e. The minimum absolute atomic E-state index is 0.242.